The molecule has 0 aliphatic carbocycles. The van der Waals surface area contributed by atoms with Gasteiger partial charge in [0, 0.05) is 24.5 Å². The number of carbonyl (C=O) groups is 1. The van der Waals surface area contributed by atoms with Gasteiger partial charge in [0.1, 0.15) is 11.9 Å². The summed E-state index contributed by atoms with van der Waals surface area (Å²) >= 11 is 0. The lowest BCUT2D eigenvalue weighted by atomic mass is 10.2. The van der Waals surface area contributed by atoms with Gasteiger partial charge < -0.3 is 14.6 Å². The molecule has 1 aliphatic rings. The number of hydrogen-bond donors (Lipinski definition) is 1. The van der Waals surface area contributed by atoms with Crippen molar-refractivity contribution in [2.75, 3.05) is 19.7 Å². The summed E-state index contributed by atoms with van der Waals surface area (Å²) in [4.78, 5) is 32.5. The van der Waals surface area contributed by atoms with Crippen LogP contribution >= 0.6 is 0 Å². The van der Waals surface area contributed by atoms with Crippen LogP contribution in [0.5, 0.6) is 0 Å². The largest absolute Gasteiger partial charge is 0.367 e. The second-order valence-electron chi connectivity index (χ2n) is 4.99. The molecule has 114 valence electrons. The van der Waals surface area contributed by atoms with Gasteiger partial charge >= 0.3 is 0 Å². The molecule has 3 heterocycles. The lowest BCUT2D eigenvalue weighted by Crippen LogP contribution is -2.43. The average Bonchev–Trinajstić information content (AvgIpc) is 2.54. The minimum Gasteiger partial charge on any atom is -0.367 e. The van der Waals surface area contributed by atoms with E-state index in [1.807, 2.05) is 0 Å². The first-order valence-electron chi connectivity index (χ1n) is 6.90. The zero-order valence-electron chi connectivity index (χ0n) is 12.0. The van der Waals surface area contributed by atoms with E-state index in [-0.39, 0.29) is 17.2 Å². The summed E-state index contributed by atoms with van der Waals surface area (Å²) in [7, 11) is 0. The number of hydrogen-bond acceptors (Lipinski definition) is 6. The molecule has 8 heteroatoms. The molecule has 1 atom stereocenters. The van der Waals surface area contributed by atoms with Crippen molar-refractivity contribution in [3.8, 4) is 0 Å². The number of amides is 1. The van der Waals surface area contributed by atoms with Crippen LogP contribution in [0.25, 0.3) is 0 Å². The Morgan fingerprint density at radius 2 is 2.36 bits per heavy atom. The molecule has 0 bridgehead atoms. The molecule has 0 unspecified atom stereocenters. The van der Waals surface area contributed by atoms with Gasteiger partial charge in [-0.2, -0.15) is 5.10 Å². The molecule has 8 nitrogen and oxygen atoms in total. The number of nitrogens with zero attached hydrogens (tertiary/aromatic N) is 4. The number of carbonyl (C=O) groups excluding carboxylic acids is 1. The second-order valence-corrected chi connectivity index (χ2v) is 4.99. The molecule has 1 amide bonds. The standard InChI is InChI=1S/C14H15N5O3/c1-9-7-12(20)17-13(16-9)11-8-19(5-6-22-11)14(21)10-3-2-4-15-18-10/h2-4,7,11H,5-6,8H2,1H3,(H,16,17,20)/t11-/m0/s1. The Bertz CT molecular complexity index is 731. The zero-order valence-corrected chi connectivity index (χ0v) is 12.0. The minimum absolute atomic E-state index is 0.212. The number of nitrogens with one attached hydrogen (secondary N) is 1. The van der Waals surface area contributed by atoms with E-state index in [4.69, 9.17) is 4.74 Å². The van der Waals surface area contributed by atoms with Gasteiger partial charge in [0.05, 0.1) is 13.2 Å². The Labute approximate surface area is 126 Å². The van der Waals surface area contributed by atoms with Crippen molar-refractivity contribution in [3.05, 3.63) is 52.0 Å². The highest BCUT2D eigenvalue weighted by Crippen LogP contribution is 2.19. The summed E-state index contributed by atoms with van der Waals surface area (Å²) in [6.45, 7) is 2.88. The molecule has 1 saturated heterocycles. The average molecular weight is 301 g/mol. The van der Waals surface area contributed by atoms with Gasteiger partial charge in [0.25, 0.3) is 11.5 Å². The molecular weight excluding hydrogens is 286 g/mol. The van der Waals surface area contributed by atoms with E-state index in [1.54, 1.807) is 24.0 Å². The van der Waals surface area contributed by atoms with Crippen molar-refractivity contribution in [1.29, 1.82) is 0 Å². The normalized spacial score (nSPS) is 18.2. The van der Waals surface area contributed by atoms with Crippen LogP contribution in [0.2, 0.25) is 0 Å². The first kappa shape index (κ1) is 14.3. The molecule has 0 saturated carbocycles. The minimum atomic E-state index is -0.457. The van der Waals surface area contributed by atoms with E-state index in [0.29, 0.717) is 31.2 Å². The summed E-state index contributed by atoms with van der Waals surface area (Å²) in [6, 6.07) is 4.69. The summed E-state index contributed by atoms with van der Waals surface area (Å²) in [5.41, 5.74) is 0.664. The molecule has 2 aromatic rings. The molecule has 3 rings (SSSR count). The quantitative estimate of drug-likeness (QED) is 0.843. The van der Waals surface area contributed by atoms with Crippen molar-refractivity contribution in [2.24, 2.45) is 0 Å². The molecular formula is C14H15N5O3. The Morgan fingerprint density at radius 3 is 3.09 bits per heavy atom. The highest BCUT2D eigenvalue weighted by molar-refractivity contribution is 5.92. The van der Waals surface area contributed by atoms with Gasteiger partial charge in [-0.05, 0) is 19.1 Å². The summed E-state index contributed by atoms with van der Waals surface area (Å²) in [6.07, 6.45) is 1.06. The van der Waals surface area contributed by atoms with E-state index in [1.165, 1.54) is 12.3 Å². The number of H-pyrrole nitrogens is 1. The van der Waals surface area contributed by atoms with Crippen LogP contribution < -0.4 is 5.56 Å². The molecule has 0 radical (unpaired) electrons. The summed E-state index contributed by atoms with van der Waals surface area (Å²) in [5.74, 6) is 0.220. The van der Waals surface area contributed by atoms with Crippen molar-refractivity contribution >= 4 is 5.91 Å². The third-order valence-electron chi connectivity index (χ3n) is 3.34. The molecule has 1 N–H and O–H groups in total. The monoisotopic (exact) mass is 301 g/mol. The van der Waals surface area contributed by atoms with Gasteiger partial charge in [0.2, 0.25) is 0 Å². The van der Waals surface area contributed by atoms with Gasteiger partial charge in [-0.15, -0.1) is 5.10 Å². The third-order valence-corrected chi connectivity index (χ3v) is 3.34. The fourth-order valence-electron chi connectivity index (χ4n) is 2.33. The van der Waals surface area contributed by atoms with Crippen LogP contribution in [0.15, 0.2) is 29.2 Å². The Balaban J connectivity index is 1.79. The van der Waals surface area contributed by atoms with Gasteiger partial charge in [-0.1, -0.05) is 0 Å². The Hall–Kier alpha value is -2.61. The van der Waals surface area contributed by atoms with Crippen LogP contribution in [-0.4, -0.2) is 50.7 Å². The number of aromatic amines is 1. The lowest BCUT2D eigenvalue weighted by Gasteiger charge is -2.32. The number of aryl methyl sites for hydroxylation is 1. The first-order chi connectivity index (χ1) is 10.6. The fraction of sp³-hybridized carbons (Fsp3) is 0.357. The molecule has 1 fully saturated rings. The van der Waals surface area contributed by atoms with Crippen LogP contribution in [0.4, 0.5) is 0 Å². The number of rotatable bonds is 2. The zero-order chi connectivity index (χ0) is 15.5. The van der Waals surface area contributed by atoms with Crippen LogP contribution in [0.3, 0.4) is 0 Å². The molecule has 0 aromatic carbocycles. The van der Waals surface area contributed by atoms with E-state index in [2.05, 4.69) is 20.2 Å². The second kappa shape index (κ2) is 6.02. The van der Waals surface area contributed by atoms with Crippen molar-refractivity contribution < 1.29 is 9.53 Å². The van der Waals surface area contributed by atoms with E-state index in [0.717, 1.165) is 0 Å². The van der Waals surface area contributed by atoms with Crippen molar-refractivity contribution in [1.82, 2.24) is 25.1 Å². The first-order valence-corrected chi connectivity index (χ1v) is 6.90. The van der Waals surface area contributed by atoms with Crippen LogP contribution in [-0.2, 0) is 4.74 Å². The van der Waals surface area contributed by atoms with Crippen molar-refractivity contribution in [3.63, 3.8) is 0 Å². The maximum absolute atomic E-state index is 12.4. The highest BCUT2D eigenvalue weighted by atomic mass is 16.5. The number of ether oxygens (including phenoxy) is 1. The van der Waals surface area contributed by atoms with Crippen LogP contribution in [0, 0.1) is 6.92 Å². The van der Waals surface area contributed by atoms with Gasteiger partial charge in [0.15, 0.2) is 5.69 Å². The van der Waals surface area contributed by atoms with Crippen molar-refractivity contribution in [2.45, 2.75) is 13.0 Å². The fourth-order valence-corrected chi connectivity index (χ4v) is 2.33. The van der Waals surface area contributed by atoms with E-state index in [9.17, 15) is 9.59 Å². The maximum Gasteiger partial charge on any atom is 0.274 e. The molecule has 0 spiro atoms. The Morgan fingerprint density at radius 1 is 1.50 bits per heavy atom. The Kier molecular flexibility index (Phi) is 3.92. The summed E-state index contributed by atoms with van der Waals surface area (Å²) < 4.78 is 5.63. The third kappa shape index (κ3) is 3.01. The number of morpholine rings is 1. The van der Waals surface area contributed by atoms with Crippen LogP contribution in [0.1, 0.15) is 28.1 Å². The predicted octanol–water partition coefficient (Wildman–Crippen LogP) is 0.0820. The maximum atomic E-state index is 12.4. The van der Waals surface area contributed by atoms with Gasteiger partial charge in [-0.3, -0.25) is 9.59 Å². The van der Waals surface area contributed by atoms with Gasteiger partial charge in [-0.25, -0.2) is 4.98 Å². The van der Waals surface area contributed by atoms with E-state index < -0.39 is 6.10 Å². The number of aromatic nitrogens is 4. The topological polar surface area (TPSA) is 101 Å². The smallest absolute Gasteiger partial charge is 0.274 e. The highest BCUT2D eigenvalue weighted by Gasteiger charge is 2.28. The predicted molar refractivity (Wildman–Crippen MR) is 76.2 cm³/mol. The molecule has 2 aromatic heterocycles. The lowest BCUT2D eigenvalue weighted by molar-refractivity contribution is -0.0272. The van der Waals surface area contributed by atoms with E-state index >= 15 is 0 Å². The summed E-state index contributed by atoms with van der Waals surface area (Å²) in [5, 5.41) is 7.54. The molecule has 1 aliphatic heterocycles. The SMILES string of the molecule is Cc1cc(=O)[nH]c([C@@H]2CN(C(=O)c3cccnn3)CCO2)n1. The molecule has 22 heavy (non-hydrogen) atoms.